The lowest BCUT2D eigenvalue weighted by molar-refractivity contribution is 0.390. The summed E-state index contributed by atoms with van der Waals surface area (Å²) >= 11 is 0. The molecule has 1 aromatic carbocycles. The van der Waals surface area contributed by atoms with Gasteiger partial charge in [-0.3, -0.25) is 4.98 Å². The normalized spacial score (nSPS) is 17.4. The van der Waals surface area contributed by atoms with Crippen molar-refractivity contribution < 1.29 is 12.8 Å². The predicted octanol–water partition coefficient (Wildman–Crippen LogP) is 2.98. The minimum absolute atomic E-state index is 0.0724. The van der Waals surface area contributed by atoms with Crippen molar-refractivity contribution >= 4 is 21.8 Å². The van der Waals surface area contributed by atoms with E-state index in [9.17, 15) is 12.8 Å². The topological polar surface area (TPSA) is 101 Å². The molecule has 150 valence electrons. The van der Waals surface area contributed by atoms with Gasteiger partial charge in [-0.1, -0.05) is 0 Å². The lowest BCUT2D eigenvalue weighted by atomic mass is 10.2. The molecule has 1 N–H and O–H groups in total. The van der Waals surface area contributed by atoms with Crippen LogP contribution in [-0.4, -0.2) is 39.2 Å². The summed E-state index contributed by atoms with van der Waals surface area (Å²) in [5.74, 6) is 0.363. The summed E-state index contributed by atoms with van der Waals surface area (Å²) in [6.45, 7) is 1.91. The standard InChI is InChI=1S/C19H19FN6O2S/c1-13-10-14(5-6-15(13)20)29(27,28)26-9-2-4-17(26)16-11-21-12-18(24-16)25-19-22-7-3-8-23-19/h3,5-8,10-12,17H,2,4,9H2,1H3,(H,22,23,24,25). The van der Waals surface area contributed by atoms with Gasteiger partial charge in [0.05, 0.1) is 29.0 Å². The number of anilines is 2. The molecule has 0 radical (unpaired) electrons. The first-order valence-electron chi connectivity index (χ1n) is 9.09. The van der Waals surface area contributed by atoms with Crippen LogP contribution in [0.5, 0.6) is 0 Å². The van der Waals surface area contributed by atoms with Crippen LogP contribution in [0, 0.1) is 12.7 Å². The van der Waals surface area contributed by atoms with Crippen molar-refractivity contribution in [3.63, 3.8) is 0 Å². The van der Waals surface area contributed by atoms with Crippen LogP contribution in [0.2, 0.25) is 0 Å². The maximum atomic E-state index is 13.6. The second-order valence-electron chi connectivity index (χ2n) is 6.71. The zero-order chi connectivity index (χ0) is 20.4. The van der Waals surface area contributed by atoms with E-state index in [1.54, 1.807) is 31.6 Å². The first kappa shape index (κ1) is 19.3. The van der Waals surface area contributed by atoms with Gasteiger partial charge in [0.1, 0.15) is 5.82 Å². The molecule has 3 heterocycles. The third-order valence-corrected chi connectivity index (χ3v) is 6.64. The van der Waals surface area contributed by atoms with E-state index in [1.807, 2.05) is 0 Å². The number of aryl methyl sites for hydroxylation is 1. The van der Waals surface area contributed by atoms with E-state index in [4.69, 9.17) is 0 Å². The van der Waals surface area contributed by atoms with Crippen molar-refractivity contribution in [2.75, 3.05) is 11.9 Å². The van der Waals surface area contributed by atoms with E-state index in [0.717, 1.165) is 0 Å². The molecule has 0 aliphatic carbocycles. The Labute approximate surface area is 167 Å². The van der Waals surface area contributed by atoms with E-state index in [-0.39, 0.29) is 10.5 Å². The fourth-order valence-electron chi connectivity index (χ4n) is 3.32. The van der Waals surface area contributed by atoms with E-state index >= 15 is 0 Å². The lowest BCUT2D eigenvalue weighted by Crippen LogP contribution is -2.31. The Kier molecular flexibility index (Phi) is 5.20. The van der Waals surface area contributed by atoms with E-state index in [2.05, 4.69) is 25.3 Å². The van der Waals surface area contributed by atoms with Crippen LogP contribution in [0.3, 0.4) is 0 Å². The Morgan fingerprint density at radius 2 is 2.00 bits per heavy atom. The van der Waals surface area contributed by atoms with Crippen molar-refractivity contribution in [2.45, 2.75) is 30.7 Å². The van der Waals surface area contributed by atoms with Gasteiger partial charge in [0.15, 0.2) is 5.82 Å². The van der Waals surface area contributed by atoms with Crippen LogP contribution in [0.15, 0.2) is 53.9 Å². The van der Waals surface area contributed by atoms with Crippen molar-refractivity contribution in [3.8, 4) is 0 Å². The molecule has 8 nitrogen and oxygen atoms in total. The van der Waals surface area contributed by atoms with Crippen molar-refractivity contribution in [1.82, 2.24) is 24.2 Å². The molecule has 0 bridgehead atoms. The Balaban J connectivity index is 1.63. The van der Waals surface area contributed by atoms with Crippen LogP contribution in [0.1, 0.15) is 30.1 Å². The van der Waals surface area contributed by atoms with Gasteiger partial charge in [0.25, 0.3) is 0 Å². The van der Waals surface area contributed by atoms with Gasteiger partial charge in [-0.25, -0.2) is 27.8 Å². The van der Waals surface area contributed by atoms with Crippen LogP contribution < -0.4 is 5.32 Å². The summed E-state index contributed by atoms with van der Waals surface area (Å²) in [7, 11) is -3.79. The quantitative estimate of drug-likeness (QED) is 0.685. The minimum atomic E-state index is -3.79. The van der Waals surface area contributed by atoms with E-state index in [1.165, 1.54) is 28.7 Å². The number of rotatable bonds is 5. The Bertz CT molecular complexity index is 1130. The number of nitrogens with zero attached hydrogens (tertiary/aromatic N) is 5. The predicted molar refractivity (Wildman–Crippen MR) is 104 cm³/mol. The number of halogens is 1. The Morgan fingerprint density at radius 1 is 1.21 bits per heavy atom. The average Bonchev–Trinajstić information content (AvgIpc) is 3.22. The molecule has 3 aromatic rings. The van der Waals surface area contributed by atoms with Crippen LogP contribution in [0.4, 0.5) is 16.2 Å². The van der Waals surface area contributed by atoms with Gasteiger partial charge in [0, 0.05) is 18.9 Å². The fourth-order valence-corrected chi connectivity index (χ4v) is 5.07. The van der Waals surface area contributed by atoms with Gasteiger partial charge in [0.2, 0.25) is 16.0 Å². The fraction of sp³-hybridized carbons (Fsp3) is 0.263. The molecule has 1 aliphatic rings. The summed E-state index contributed by atoms with van der Waals surface area (Å²) in [4.78, 5) is 16.9. The van der Waals surface area contributed by atoms with Gasteiger partial charge < -0.3 is 5.32 Å². The van der Waals surface area contributed by atoms with Gasteiger partial charge >= 0.3 is 0 Å². The lowest BCUT2D eigenvalue weighted by Gasteiger charge is -2.24. The number of hydrogen-bond acceptors (Lipinski definition) is 7. The molecule has 0 spiro atoms. The summed E-state index contributed by atoms with van der Waals surface area (Å²) in [6, 6.07) is 5.08. The Hall–Kier alpha value is -2.98. The molecule has 2 aromatic heterocycles. The molecule has 1 aliphatic heterocycles. The second kappa shape index (κ2) is 7.80. The van der Waals surface area contributed by atoms with Gasteiger partial charge in [-0.2, -0.15) is 4.31 Å². The number of sulfonamides is 1. The zero-order valence-corrected chi connectivity index (χ0v) is 16.5. The highest BCUT2D eigenvalue weighted by Crippen LogP contribution is 2.36. The third kappa shape index (κ3) is 3.94. The molecule has 4 rings (SSSR count). The maximum Gasteiger partial charge on any atom is 0.243 e. The largest absolute Gasteiger partial charge is 0.307 e. The molecule has 1 atom stereocenters. The molecule has 29 heavy (non-hydrogen) atoms. The smallest absolute Gasteiger partial charge is 0.243 e. The average molecular weight is 414 g/mol. The van der Waals surface area contributed by atoms with Crippen molar-refractivity contribution in [3.05, 3.63) is 66.1 Å². The molecule has 1 saturated heterocycles. The first-order chi connectivity index (χ1) is 13.9. The summed E-state index contributed by atoms with van der Waals surface area (Å²) in [5, 5.41) is 2.96. The zero-order valence-electron chi connectivity index (χ0n) is 15.7. The first-order valence-corrected chi connectivity index (χ1v) is 10.5. The third-order valence-electron chi connectivity index (χ3n) is 4.74. The molecular formula is C19H19FN6O2S. The maximum absolute atomic E-state index is 13.6. The highest BCUT2D eigenvalue weighted by molar-refractivity contribution is 7.89. The van der Waals surface area contributed by atoms with Crippen LogP contribution in [-0.2, 0) is 10.0 Å². The second-order valence-corrected chi connectivity index (χ2v) is 8.60. The molecule has 0 saturated carbocycles. The molecule has 0 amide bonds. The molecule has 1 unspecified atom stereocenters. The van der Waals surface area contributed by atoms with Gasteiger partial charge in [-0.15, -0.1) is 0 Å². The Morgan fingerprint density at radius 3 is 2.76 bits per heavy atom. The highest BCUT2D eigenvalue weighted by Gasteiger charge is 2.37. The van der Waals surface area contributed by atoms with Crippen molar-refractivity contribution in [1.29, 1.82) is 0 Å². The molecule has 1 fully saturated rings. The monoisotopic (exact) mass is 414 g/mol. The van der Waals surface area contributed by atoms with Crippen molar-refractivity contribution in [2.24, 2.45) is 0 Å². The number of benzene rings is 1. The number of aromatic nitrogens is 4. The molecule has 10 heteroatoms. The summed E-state index contributed by atoms with van der Waals surface area (Å²) in [5.41, 5.74) is 0.821. The SMILES string of the molecule is Cc1cc(S(=O)(=O)N2CCCC2c2cncc(Nc3ncccn3)n2)ccc1F. The summed E-state index contributed by atoms with van der Waals surface area (Å²) < 4.78 is 41.3. The molecular weight excluding hydrogens is 395 g/mol. The summed E-state index contributed by atoms with van der Waals surface area (Å²) in [6.07, 6.45) is 7.61. The van der Waals surface area contributed by atoms with E-state index in [0.29, 0.717) is 36.8 Å². The number of nitrogens with one attached hydrogen (secondary N) is 1. The number of hydrogen-bond donors (Lipinski definition) is 1. The van der Waals surface area contributed by atoms with Crippen LogP contribution in [0.25, 0.3) is 0 Å². The minimum Gasteiger partial charge on any atom is -0.307 e. The van der Waals surface area contributed by atoms with Crippen LogP contribution >= 0.6 is 0 Å². The highest BCUT2D eigenvalue weighted by atomic mass is 32.2. The van der Waals surface area contributed by atoms with Gasteiger partial charge in [-0.05, 0) is 49.6 Å². The van der Waals surface area contributed by atoms with E-state index < -0.39 is 21.9 Å².